The number of aromatic nitrogens is 2. The second kappa shape index (κ2) is 7.03. The van der Waals surface area contributed by atoms with Crippen LogP contribution in [0.1, 0.15) is 48.8 Å². The van der Waals surface area contributed by atoms with E-state index < -0.39 is 17.9 Å². The van der Waals surface area contributed by atoms with Crippen LogP contribution in [-0.4, -0.2) is 28.0 Å². The van der Waals surface area contributed by atoms with Crippen LogP contribution in [0.2, 0.25) is 0 Å². The van der Waals surface area contributed by atoms with Gasteiger partial charge in [0.15, 0.2) is 5.69 Å². The number of nitrogens with one attached hydrogen (secondary N) is 2. The molecule has 0 bridgehead atoms. The molecule has 9 heteroatoms. The van der Waals surface area contributed by atoms with Crippen molar-refractivity contribution in [3.8, 4) is 0 Å². The molecule has 0 radical (unpaired) electrons. The topological polar surface area (TPSA) is 149 Å². The Bertz CT molecular complexity index is 828. The lowest BCUT2D eigenvalue weighted by atomic mass is 10.0. The number of hydrogen-bond donors (Lipinski definition) is 4. The summed E-state index contributed by atoms with van der Waals surface area (Å²) in [5.74, 6) is -0.341. The van der Waals surface area contributed by atoms with E-state index in [2.05, 4.69) is 20.8 Å². The van der Waals surface area contributed by atoms with Gasteiger partial charge < -0.3 is 26.6 Å². The van der Waals surface area contributed by atoms with Gasteiger partial charge in [-0.2, -0.15) is 0 Å². The molecule has 1 atom stereocenters. The fourth-order valence-corrected chi connectivity index (χ4v) is 2.63. The first-order valence-electron chi connectivity index (χ1n) is 8.44. The first-order chi connectivity index (χ1) is 12.3. The molecule has 1 aliphatic carbocycles. The van der Waals surface area contributed by atoms with Gasteiger partial charge >= 0.3 is 0 Å². The Morgan fingerprint density at radius 1 is 1.27 bits per heavy atom. The van der Waals surface area contributed by atoms with E-state index in [0.29, 0.717) is 23.2 Å². The zero-order valence-electron chi connectivity index (χ0n) is 14.7. The number of hydrogen-bond acceptors (Lipinski definition) is 7. The van der Waals surface area contributed by atoms with Crippen molar-refractivity contribution < 1.29 is 14.1 Å². The molecule has 2 aromatic heterocycles. The average Bonchev–Trinajstić information content (AvgIpc) is 3.32. The van der Waals surface area contributed by atoms with Gasteiger partial charge in [0.1, 0.15) is 6.04 Å². The highest BCUT2D eigenvalue weighted by Gasteiger charge is 2.27. The van der Waals surface area contributed by atoms with Crippen LogP contribution in [0.15, 0.2) is 22.9 Å². The van der Waals surface area contributed by atoms with Gasteiger partial charge in [0.05, 0.1) is 23.3 Å². The van der Waals surface area contributed by atoms with Crippen LogP contribution < -0.4 is 22.1 Å². The molecule has 26 heavy (non-hydrogen) atoms. The monoisotopic (exact) mass is 358 g/mol. The number of pyridine rings is 1. The van der Waals surface area contributed by atoms with Crippen molar-refractivity contribution in [2.24, 2.45) is 17.4 Å². The number of carbonyl (C=O) groups is 2. The first kappa shape index (κ1) is 17.7. The summed E-state index contributed by atoms with van der Waals surface area (Å²) in [5, 5.41) is 10.0. The quantitative estimate of drug-likeness (QED) is 0.561. The Labute approximate surface area is 150 Å². The predicted octanol–water partition coefficient (Wildman–Crippen LogP) is 1.71. The Morgan fingerprint density at radius 2 is 2.00 bits per heavy atom. The highest BCUT2D eigenvalue weighted by Crippen LogP contribution is 2.40. The number of carbonyl (C=O) groups excluding carboxylic acids is 2. The SMILES string of the molecule is CC(C)[C@@H](Nc1cnc(C(N)=O)c(Nc2cc(C3CC3)no2)c1)C(N)=O. The third-order valence-electron chi connectivity index (χ3n) is 4.20. The number of rotatable bonds is 8. The van der Waals surface area contributed by atoms with Gasteiger partial charge in [0.25, 0.3) is 5.91 Å². The highest BCUT2D eigenvalue weighted by molar-refractivity contribution is 5.97. The van der Waals surface area contributed by atoms with Gasteiger partial charge in [-0.15, -0.1) is 0 Å². The Balaban J connectivity index is 1.85. The average molecular weight is 358 g/mol. The van der Waals surface area contributed by atoms with Crippen LogP contribution >= 0.6 is 0 Å². The Kier molecular flexibility index (Phi) is 4.79. The molecule has 6 N–H and O–H groups in total. The van der Waals surface area contributed by atoms with Crippen molar-refractivity contribution in [2.45, 2.75) is 38.6 Å². The maximum Gasteiger partial charge on any atom is 0.269 e. The van der Waals surface area contributed by atoms with Crippen molar-refractivity contribution in [1.82, 2.24) is 10.1 Å². The molecule has 0 unspecified atom stereocenters. The minimum atomic E-state index is -0.684. The Morgan fingerprint density at radius 3 is 2.58 bits per heavy atom. The van der Waals surface area contributed by atoms with Crippen molar-refractivity contribution >= 4 is 29.1 Å². The van der Waals surface area contributed by atoms with Gasteiger partial charge in [-0.25, -0.2) is 4.98 Å². The molecule has 138 valence electrons. The summed E-state index contributed by atoms with van der Waals surface area (Å²) in [6, 6.07) is 2.85. The second-order valence-corrected chi connectivity index (χ2v) is 6.77. The summed E-state index contributed by atoms with van der Waals surface area (Å²) in [5.41, 5.74) is 12.6. The second-order valence-electron chi connectivity index (χ2n) is 6.77. The maximum atomic E-state index is 11.7. The van der Waals surface area contributed by atoms with E-state index in [1.165, 1.54) is 6.20 Å². The Hall–Kier alpha value is -3.10. The van der Waals surface area contributed by atoms with Crippen molar-refractivity contribution in [3.63, 3.8) is 0 Å². The van der Waals surface area contributed by atoms with Crippen molar-refractivity contribution in [1.29, 1.82) is 0 Å². The van der Waals surface area contributed by atoms with Crippen LogP contribution in [0.25, 0.3) is 0 Å². The maximum absolute atomic E-state index is 11.7. The van der Waals surface area contributed by atoms with E-state index in [9.17, 15) is 9.59 Å². The summed E-state index contributed by atoms with van der Waals surface area (Å²) < 4.78 is 5.27. The first-order valence-corrected chi connectivity index (χ1v) is 8.44. The summed E-state index contributed by atoms with van der Waals surface area (Å²) >= 11 is 0. The number of primary amides is 2. The van der Waals surface area contributed by atoms with Gasteiger partial charge in [0.2, 0.25) is 11.8 Å². The fraction of sp³-hybridized carbons (Fsp3) is 0.412. The normalized spacial score (nSPS) is 14.9. The fourth-order valence-electron chi connectivity index (χ4n) is 2.63. The molecule has 1 fully saturated rings. The van der Waals surface area contributed by atoms with Crippen molar-refractivity contribution in [2.75, 3.05) is 10.6 Å². The van der Waals surface area contributed by atoms with E-state index in [-0.39, 0.29) is 11.6 Å². The number of nitrogens with two attached hydrogens (primary N) is 2. The summed E-state index contributed by atoms with van der Waals surface area (Å²) in [7, 11) is 0. The zero-order valence-corrected chi connectivity index (χ0v) is 14.7. The minimum absolute atomic E-state index is 0.0184. The molecule has 2 aromatic rings. The van der Waals surface area contributed by atoms with E-state index in [1.807, 2.05) is 13.8 Å². The van der Waals surface area contributed by atoms with E-state index in [4.69, 9.17) is 16.0 Å². The lowest BCUT2D eigenvalue weighted by Crippen LogP contribution is -2.39. The van der Waals surface area contributed by atoms with E-state index in [1.54, 1.807) is 12.1 Å². The smallest absolute Gasteiger partial charge is 0.269 e. The lowest BCUT2D eigenvalue weighted by Gasteiger charge is -2.20. The molecule has 2 amide bonds. The lowest BCUT2D eigenvalue weighted by molar-refractivity contribution is -0.119. The number of amides is 2. The molecule has 0 spiro atoms. The summed E-state index contributed by atoms with van der Waals surface area (Å²) in [6.45, 7) is 3.75. The molecular weight excluding hydrogens is 336 g/mol. The van der Waals surface area contributed by atoms with Crippen LogP contribution in [0, 0.1) is 5.92 Å². The van der Waals surface area contributed by atoms with Crippen LogP contribution in [0.3, 0.4) is 0 Å². The molecule has 9 nitrogen and oxygen atoms in total. The number of nitrogens with zero attached hydrogens (tertiary/aromatic N) is 2. The summed E-state index contributed by atoms with van der Waals surface area (Å²) in [6.07, 6.45) is 3.63. The molecule has 0 aliphatic heterocycles. The van der Waals surface area contributed by atoms with E-state index >= 15 is 0 Å². The molecule has 2 heterocycles. The molecular formula is C17H22N6O3. The van der Waals surface area contributed by atoms with Crippen LogP contribution in [0.4, 0.5) is 17.3 Å². The minimum Gasteiger partial charge on any atom is -0.372 e. The van der Waals surface area contributed by atoms with Crippen LogP contribution in [-0.2, 0) is 4.79 Å². The largest absolute Gasteiger partial charge is 0.372 e. The molecule has 0 saturated heterocycles. The summed E-state index contributed by atoms with van der Waals surface area (Å²) in [4.78, 5) is 27.3. The molecule has 3 rings (SSSR count). The molecule has 1 saturated carbocycles. The molecule has 1 aliphatic rings. The third kappa shape index (κ3) is 3.93. The highest BCUT2D eigenvalue weighted by atomic mass is 16.5. The van der Waals surface area contributed by atoms with Gasteiger partial charge in [-0.3, -0.25) is 9.59 Å². The van der Waals surface area contributed by atoms with Crippen LogP contribution in [0.5, 0.6) is 0 Å². The van der Waals surface area contributed by atoms with Gasteiger partial charge in [-0.1, -0.05) is 19.0 Å². The third-order valence-corrected chi connectivity index (χ3v) is 4.20. The zero-order chi connectivity index (χ0) is 18.8. The van der Waals surface area contributed by atoms with Gasteiger partial charge in [0, 0.05) is 12.0 Å². The number of anilines is 3. The molecule has 0 aromatic carbocycles. The van der Waals surface area contributed by atoms with Gasteiger partial charge in [-0.05, 0) is 24.8 Å². The predicted molar refractivity (Wildman–Crippen MR) is 96.0 cm³/mol. The van der Waals surface area contributed by atoms with Crippen molar-refractivity contribution in [3.05, 3.63) is 29.7 Å². The standard InChI is InChI=1S/C17H22N6O3/c1-8(2)14(16(18)24)21-10-5-12(15(17(19)25)20-7-10)22-13-6-11(23-26-13)9-3-4-9/h5-9,14,21-22H,3-4H2,1-2H3,(H2,18,24)(H2,19,25)/t14-/m1/s1. The van der Waals surface area contributed by atoms with E-state index in [0.717, 1.165) is 18.5 Å².